The molecule has 1 aliphatic rings. The molecule has 1 aromatic rings. The summed E-state index contributed by atoms with van der Waals surface area (Å²) in [7, 11) is 0. The molecule has 4 amide bonds. The van der Waals surface area contributed by atoms with Crippen LogP contribution in [0.3, 0.4) is 0 Å². The molecular formula is C17H23N3O3. The molecule has 0 radical (unpaired) electrons. The van der Waals surface area contributed by atoms with Crippen LogP contribution in [0.1, 0.15) is 26.3 Å². The summed E-state index contributed by atoms with van der Waals surface area (Å²) in [5.74, 6) is -0.612. The number of urea groups is 1. The minimum atomic E-state index is -0.552. The van der Waals surface area contributed by atoms with Crippen molar-refractivity contribution in [1.29, 1.82) is 0 Å². The molecule has 1 aliphatic heterocycles. The number of imide groups is 1. The fourth-order valence-electron chi connectivity index (χ4n) is 2.71. The number of anilines is 1. The summed E-state index contributed by atoms with van der Waals surface area (Å²) in [6.45, 7) is 7.75. The second-order valence-electron chi connectivity index (χ2n) is 6.02. The molecule has 0 unspecified atom stereocenters. The highest BCUT2D eigenvalue weighted by Crippen LogP contribution is 2.20. The van der Waals surface area contributed by atoms with E-state index in [1.165, 1.54) is 0 Å². The van der Waals surface area contributed by atoms with Crippen LogP contribution in [0.2, 0.25) is 0 Å². The van der Waals surface area contributed by atoms with Gasteiger partial charge in [0.05, 0.1) is 0 Å². The van der Waals surface area contributed by atoms with Crippen LogP contribution >= 0.6 is 0 Å². The van der Waals surface area contributed by atoms with Crippen molar-refractivity contribution in [1.82, 2.24) is 10.2 Å². The van der Waals surface area contributed by atoms with Crippen molar-refractivity contribution in [2.24, 2.45) is 5.92 Å². The molecule has 0 aromatic heterocycles. The number of rotatable bonds is 5. The van der Waals surface area contributed by atoms with E-state index in [1.807, 2.05) is 52.0 Å². The van der Waals surface area contributed by atoms with Crippen molar-refractivity contribution in [2.45, 2.75) is 33.7 Å². The summed E-state index contributed by atoms with van der Waals surface area (Å²) in [5, 5.41) is 2.63. The molecule has 6 nitrogen and oxygen atoms in total. The number of hydrogen-bond donors (Lipinski definition) is 1. The van der Waals surface area contributed by atoms with Crippen molar-refractivity contribution in [3.63, 3.8) is 0 Å². The van der Waals surface area contributed by atoms with E-state index in [1.54, 1.807) is 4.90 Å². The number of aryl methyl sites for hydroxylation is 1. The Kier molecular flexibility index (Phi) is 5.03. The molecule has 23 heavy (non-hydrogen) atoms. The SMILES string of the molecule is CCN(C(=O)CN1C(=O)N[C@H](C(C)C)C1=O)c1ccccc1C. The van der Waals surface area contributed by atoms with Gasteiger partial charge in [-0.25, -0.2) is 4.79 Å². The molecule has 6 heteroatoms. The molecule has 2 rings (SSSR count). The number of likely N-dealkylation sites (N-methyl/N-ethyl adjacent to an activating group) is 1. The fraction of sp³-hybridized carbons (Fsp3) is 0.471. The van der Waals surface area contributed by atoms with E-state index in [0.29, 0.717) is 6.54 Å². The fourth-order valence-corrected chi connectivity index (χ4v) is 2.71. The Morgan fingerprint density at radius 3 is 2.48 bits per heavy atom. The quantitative estimate of drug-likeness (QED) is 0.844. The topological polar surface area (TPSA) is 69.7 Å². The lowest BCUT2D eigenvalue weighted by Gasteiger charge is -2.24. The van der Waals surface area contributed by atoms with Crippen LogP contribution in [0.15, 0.2) is 24.3 Å². The van der Waals surface area contributed by atoms with Crippen LogP contribution < -0.4 is 10.2 Å². The summed E-state index contributed by atoms with van der Waals surface area (Å²) in [6.07, 6.45) is 0. The van der Waals surface area contributed by atoms with E-state index in [2.05, 4.69) is 5.32 Å². The second kappa shape index (κ2) is 6.81. The van der Waals surface area contributed by atoms with Gasteiger partial charge >= 0.3 is 6.03 Å². The largest absolute Gasteiger partial charge is 0.326 e. The third-order valence-corrected chi connectivity index (χ3v) is 4.04. The van der Waals surface area contributed by atoms with Gasteiger partial charge in [0.2, 0.25) is 5.91 Å². The summed E-state index contributed by atoms with van der Waals surface area (Å²) in [6, 6.07) is 6.50. The van der Waals surface area contributed by atoms with E-state index in [4.69, 9.17) is 0 Å². The van der Waals surface area contributed by atoms with Gasteiger partial charge in [-0.3, -0.25) is 14.5 Å². The maximum atomic E-state index is 12.6. The van der Waals surface area contributed by atoms with Gasteiger partial charge in [0.25, 0.3) is 5.91 Å². The van der Waals surface area contributed by atoms with Crippen molar-refractivity contribution < 1.29 is 14.4 Å². The average molecular weight is 317 g/mol. The first-order valence-electron chi connectivity index (χ1n) is 7.84. The zero-order chi connectivity index (χ0) is 17.1. The standard InChI is InChI=1S/C17H23N3O3/c1-5-19(13-9-7-6-8-12(13)4)14(21)10-20-16(22)15(11(2)3)18-17(20)23/h6-9,11,15H,5,10H2,1-4H3,(H,18,23)/t15-/m1/s1. The van der Waals surface area contributed by atoms with Gasteiger partial charge in [-0.15, -0.1) is 0 Å². The molecular weight excluding hydrogens is 294 g/mol. The molecule has 0 bridgehead atoms. The predicted molar refractivity (Wildman–Crippen MR) is 88.1 cm³/mol. The van der Waals surface area contributed by atoms with Crippen LogP contribution in [0, 0.1) is 12.8 Å². The summed E-state index contributed by atoms with van der Waals surface area (Å²) in [4.78, 5) is 39.5. The van der Waals surface area contributed by atoms with Gasteiger partial charge < -0.3 is 10.2 Å². The van der Waals surface area contributed by atoms with Gasteiger partial charge in [-0.2, -0.15) is 0 Å². The molecule has 1 aromatic carbocycles. The number of carbonyl (C=O) groups excluding carboxylic acids is 3. The minimum absolute atomic E-state index is 0.00908. The minimum Gasteiger partial charge on any atom is -0.326 e. The summed E-state index contributed by atoms with van der Waals surface area (Å²) >= 11 is 0. The number of nitrogens with one attached hydrogen (secondary N) is 1. The van der Waals surface area contributed by atoms with Crippen LogP contribution in [0.5, 0.6) is 0 Å². The van der Waals surface area contributed by atoms with Gasteiger partial charge in [0.15, 0.2) is 0 Å². The van der Waals surface area contributed by atoms with Gasteiger partial charge in [-0.05, 0) is 31.4 Å². The number of carbonyl (C=O) groups is 3. The van der Waals surface area contributed by atoms with E-state index in [-0.39, 0.29) is 24.3 Å². The molecule has 1 saturated heterocycles. The maximum Gasteiger partial charge on any atom is 0.325 e. The molecule has 1 atom stereocenters. The second-order valence-corrected chi connectivity index (χ2v) is 6.02. The third kappa shape index (κ3) is 3.36. The number of amides is 4. The monoisotopic (exact) mass is 317 g/mol. The highest BCUT2D eigenvalue weighted by atomic mass is 16.2. The maximum absolute atomic E-state index is 12.6. The highest BCUT2D eigenvalue weighted by molar-refractivity contribution is 6.08. The first-order valence-corrected chi connectivity index (χ1v) is 7.84. The van der Waals surface area contributed by atoms with Crippen LogP contribution in [-0.4, -0.2) is 41.9 Å². The third-order valence-electron chi connectivity index (χ3n) is 4.04. The lowest BCUT2D eigenvalue weighted by Crippen LogP contribution is -2.43. The van der Waals surface area contributed by atoms with Crippen molar-refractivity contribution in [3.8, 4) is 0 Å². The van der Waals surface area contributed by atoms with Crippen LogP contribution in [-0.2, 0) is 9.59 Å². The first kappa shape index (κ1) is 17.0. The van der Waals surface area contributed by atoms with E-state index in [0.717, 1.165) is 16.2 Å². The Labute approximate surface area is 136 Å². The Balaban J connectivity index is 2.16. The molecule has 0 spiro atoms. The Bertz CT molecular complexity index is 627. The van der Waals surface area contributed by atoms with Gasteiger partial charge in [0, 0.05) is 12.2 Å². The first-order chi connectivity index (χ1) is 10.9. The Morgan fingerprint density at radius 1 is 1.30 bits per heavy atom. The number of hydrogen-bond acceptors (Lipinski definition) is 3. The number of para-hydroxylation sites is 1. The average Bonchev–Trinajstić information content (AvgIpc) is 2.78. The zero-order valence-corrected chi connectivity index (χ0v) is 14.0. The molecule has 1 heterocycles. The lowest BCUT2D eigenvalue weighted by atomic mass is 10.1. The molecule has 1 N–H and O–H groups in total. The zero-order valence-electron chi connectivity index (χ0n) is 14.0. The van der Waals surface area contributed by atoms with Gasteiger partial charge in [-0.1, -0.05) is 32.0 Å². The predicted octanol–water partition coefficient (Wildman–Crippen LogP) is 1.92. The van der Waals surface area contributed by atoms with Crippen LogP contribution in [0.4, 0.5) is 10.5 Å². The highest BCUT2D eigenvalue weighted by Gasteiger charge is 2.40. The van der Waals surface area contributed by atoms with Crippen molar-refractivity contribution in [2.75, 3.05) is 18.0 Å². The van der Waals surface area contributed by atoms with Gasteiger partial charge in [0.1, 0.15) is 12.6 Å². The molecule has 124 valence electrons. The normalized spacial score (nSPS) is 17.6. The number of nitrogens with zero attached hydrogens (tertiary/aromatic N) is 2. The summed E-state index contributed by atoms with van der Waals surface area (Å²) in [5.41, 5.74) is 1.77. The van der Waals surface area contributed by atoms with E-state index >= 15 is 0 Å². The lowest BCUT2D eigenvalue weighted by molar-refractivity contribution is -0.132. The Hall–Kier alpha value is -2.37. The molecule has 1 fully saturated rings. The Morgan fingerprint density at radius 2 is 1.96 bits per heavy atom. The number of benzene rings is 1. The molecule has 0 saturated carbocycles. The van der Waals surface area contributed by atoms with Crippen LogP contribution in [0.25, 0.3) is 0 Å². The van der Waals surface area contributed by atoms with Crippen molar-refractivity contribution in [3.05, 3.63) is 29.8 Å². The van der Waals surface area contributed by atoms with E-state index in [9.17, 15) is 14.4 Å². The summed E-state index contributed by atoms with van der Waals surface area (Å²) < 4.78 is 0. The molecule has 0 aliphatic carbocycles. The smallest absolute Gasteiger partial charge is 0.325 e. The van der Waals surface area contributed by atoms with E-state index < -0.39 is 12.1 Å². The van der Waals surface area contributed by atoms with Crippen molar-refractivity contribution >= 4 is 23.5 Å².